The minimum absolute atomic E-state index is 0.0811. The molecule has 2 heterocycles. The molecular formula is C19H18N4O. The first-order valence-electron chi connectivity index (χ1n) is 7.97. The minimum atomic E-state index is -0.211. The molecule has 5 nitrogen and oxygen atoms in total. The van der Waals surface area contributed by atoms with Crippen molar-refractivity contribution in [3.8, 4) is 0 Å². The predicted octanol–water partition coefficient (Wildman–Crippen LogP) is 2.33. The van der Waals surface area contributed by atoms with Gasteiger partial charge >= 0.3 is 0 Å². The van der Waals surface area contributed by atoms with Crippen molar-refractivity contribution >= 4 is 5.95 Å². The Morgan fingerprint density at radius 3 is 2.25 bits per heavy atom. The Labute approximate surface area is 139 Å². The molecule has 0 spiro atoms. The van der Waals surface area contributed by atoms with Gasteiger partial charge in [0.2, 0.25) is 5.95 Å². The van der Waals surface area contributed by atoms with Crippen LogP contribution in [-0.2, 0) is 6.42 Å². The number of nitrogens with two attached hydrogens (primary N) is 1. The zero-order valence-corrected chi connectivity index (χ0v) is 13.1. The van der Waals surface area contributed by atoms with Crippen molar-refractivity contribution in [1.82, 2.24) is 15.3 Å². The fraction of sp³-hybridized carbons (Fsp3) is 0.158. The Morgan fingerprint density at radius 2 is 1.58 bits per heavy atom. The lowest BCUT2D eigenvalue weighted by Gasteiger charge is -2.32. The Bertz CT molecular complexity index is 906. The Morgan fingerprint density at radius 1 is 0.958 bits per heavy atom. The molecule has 0 bridgehead atoms. The van der Waals surface area contributed by atoms with Crippen molar-refractivity contribution in [3.63, 3.8) is 0 Å². The largest absolute Gasteiger partial charge is 0.369 e. The fourth-order valence-electron chi connectivity index (χ4n) is 3.35. The van der Waals surface area contributed by atoms with Crippen LogP contribution in [0.15, 0.2) is 65.5 Å². The summed E-state index contributed by atoms with van der Waals surface area (Å²) in [4.78, 5) is 19.5. The van der Waals surface area contributed by atoms with Gasteiger partial charge < -0.3 is 5.73 Å². The molecule has 3 aromatic rings. The summed E-state index contributed by atoms with van der Waals surface area (Å²) in [5, 5.41) is 3.60. The van der Waals surface area contributed by atoms with Gasteiger partial charge in [0.05, 0.1) is 17.3 Å². The number of aromatic amines is 1. The number of nitrogens with one attached hydrogen (secondary N) is 2. The van der Waals surface area contributed by atoms with Gasteiger partial charge in [-0.05, 0) is 11.1 Å². The number of hydrogen-bond acceptors (Lipinski definition) is 4. The fourth-order valence-corrected chi connectivity index (χ4v) is 3.35. The molecule has 4 N–H and O–H groups in total. The standard InChI is InChI=1S/C19H18N4O/c20-19-22-15-11-14(12-7-3-1-4-8-12)21-17(16(15)18(24)23-19)13-9-5-2-6-10-13/h1-10,14,17,21H,11H2,(H3,20,22,23,24). The second-order valence-electron chi connectivity index (χ2n) is 5.99. The topological polar surface area (TPSA) is 83.8 Å². The van der Waals surface area contributed by atoms with E-state index in [4.69, 9.17) is 5.73 Å². The van der Waals surface area contributed by atoms with Crippen molar-refractivity contribution < 1.29 is 0 Å². The Kier molecular flexibility index (Phi) is 3.63. The second kappa shape index (κ2) is 5.94. The van der Waals surface area contributed by atoms with Gasteiger partial charge in [0.15, 0.2) is 0 Å². The lowest BCUT2D eigenvalue weighted by atomic mass is 9.88. The summed E-state index contributed by atoms with van der Waals surface area (Å²) in [5.74, 6) is 0.166. The van der Waals surface area contributed by atoms with Crippen LogP contribution in [0.5, 0.6) is 0 Å². The van der Waals surface area contributed by atoms with Gasteiger partial charge in [0, 0.05) is 12.5 Å². The molecule has 4 rings (SSSR count). The summed E-state index contributed by atoms with van der Waals surface area (Å²) in [6, 6.07) is 20.0. The third kappa shape index (κ3) is 2.59. The molecule has 24 heavy (non-hydrogen) atoms. The van der Waals surface area contributed by atoms with Crippen molar-refractivity contribution in [2.24, 2.45) is 0 Å². The van der Waals surface area contributed by atoms with Crippen molar-refractivity contribution in [3.05, 3.63) is 93.4 Å². The normalized spacial score (nSPS) is 19.7. The lowest BCUT2D eigenvalue weighted by Crippen LogP contribution is -2.39. The molecule has 2 aromatic carbocycles. The first kappa shape index (κ1) is 14.7. The van der Waals surface area contributed by atoms with Crippen LogP contribution < -0.4 is 16.6 Å². The number of nitrogen functional groups attached to an aromatic ring is 1. The van der Waals surface area contributed by atoms with Crippen LogP contribution in [0.2, 0.25) is 0 Å². The number of nitrogens with zero attached hydrogens (tertiary/aromatic N) is 1. The van der Waals surface area contributed by atoms with E-state index in [9.17, 15) is 4.79 Å². The molecule has 2 unspecified atom stereocenters. The number of hydrogen-bond donors (Lipinski definition) is 3. The smallest absolute Gasteiger partial charge is 0.257 e. The molecule has 5 heteroatoms. The quantitative estimate of drug-likeness (QED) is 0.677. The summed E-state index contributed by atoms with van der Waals surface area (Å²) >= 11 is 0. The van der Waals surface area contributed by atoms with E-state index in [2.05, 4.69) is 27.4 Å². The van der Waals surface area contributed by atoms with Gasteiger partial charge in [-0.25, -0.2) is 4.98 Å². The van der Waals surface area contributed by atoms with Gasteiger partial charge in [-0.15, -0.1) is 0 Å². The number of benzene rings is 2. The molecule has 2 atom stereocenters. The van der Waals surface area contributed by atoms with E-state index in [0.29, 0.717) is 12.0 Å². The van der Waals surface area contributed by atoms with Gasteiger partial charge in [-0.1, -0.05) is 60.7 Å². The van der Waals surface area contributed by atoms with Crippen molar-refractivity contribution in [2.75, 3.05) is 5.73 Å². The molecule has 0 saturated heterocycles. The highest BCUT2D eigenvalue weighted by molar-refractivity contribution is 5.39. The summed E-state index contributed by atoms with van der Waals surface area (Å²) in [7, 11) is 0. The molecule has 120 valence electrons. The van der Waals surface area contributed by atoms with Crippen molar-refractivity contribution in [2.45, 2.75) is 18.5 Å². The van der Waals surface area contributed by atoms with E-state index in [-0.39, 0.29) is 23.6 Å². The summed E-state index contributed by atoms with van der Waals surface area (Å²) < 4.78 is 0. The second-order valence-corrected chi connectivity index (χ2v) is 5.99. The van der Waals surface area contributed by atoms with Crippen LogP contribution >= 0.6 is 0 Å². The maximum absolute atomic E-state index is 12.5. The van der Waals surface area contributed by atoms with Gasteiger partial charge in [0.1, 0.15) is 0 Å². The summed E-state index contributed by atoms with van der Waals surface area (Å²) in [5.41, 5.74) is 9.21. The van der Waals surface area contributed by atoms with Crippen LogP contribution in [-0.4, -0.2) is 9.97 Å². The Balaban J connectivity index is 1.85. The molecule has 0 fully saturated rings. The minimum Gasteiger partial charge on any atom is -0.369 e. The number of rotatable bonds is 2. The molecule has 1 aliphatic rings. The van der Waals surface area contributed by atoms with E-state index < -0.39 is 0 Å². The first-order chi connectivity index (χ1) is 11.7. The van der Waals surface area contributed by atoms with Crippen LogP contribution in [0.1, 0.15) is 34.5 Å². The van der Waals surface area contributed by atoms with E-state index in [1.165, 1.54) is 5.56 Å². The molecule has 1 aliphatic heterocycles. The van der Waals surface area contributed by atoms with Gasteiger partial charge in [-0.3, -0.25) is 15.1 Å². The molecule has 0 amide bonds. The number of aromatic nitrogens is 2. The van der Waals surface area contributed by atoms with Crippen LogP contribution in [0.4, 0.5) is 5.95 Å². The number of H-pyrrole nitrogens is 1. The van der Waals surface area contributed by atoms with Gasteiger partial charge in [-0.2, -0.15) is 0 Å². The third-order valence-electron chi connectivity index (χ3n) is 4.44. The van der Waals surface area contributed by atoms with E-state index in [1.54, 1.807) is 0 Å². The SMILES string of the molecule is Nc1nc2c(c(=O)[nH]1)C(c1ccccc1)NC(c1ccccc1)C2. The van der Waals surface area contributed by atoms with E-state index in [0.717, 1.165) is 11.3 Å². The van der Waals surface area contributed by atoms with Crippen LogP contribution in [0.25, 0.3) is 0 Å². The van der Waals surface area contributed by atoms with E-state index >= 15 is 0 Å². The predicted molar refractivity (Wildman–Crippen MR) is 93.6 cm³/mol. The highest BCUT2D eigenvalue weighted by atomic mass is 16.1. The maximum atomic E-state index is 12.5. The Hall–Kier alpha value is -2.92. The third-order valence-corrected chi connectivity index (χ3v) is 4.44. The maximum Gasteiger partial charge on any atom is 0.257 e. The highest BCUT2D eigenvalue weighted by Gasteiger charge is 2.31. The first-order valence-corrected chi connectivity index (χ1v) is 7.97. The average Bonchev–Trinajstić information content (AvgIpc) is 2.62. The van der Waals surface area contributed by atoms with Crippen LogP contribution in [0.3, 0.4) is 0 Å². The van der Waals surface area contributed by atoms with Crippen molar-refractivity contribution in [1.29, 1.82) is 0 Å². The lowest BCUT2D eigenvalue weighted by molar-refractivity contribution is 0.440. The summed E-state index contributed by atoms with van der Waals surface area (Å²) in [6.07, 6.45) is 0.636. The van der Waals surface area contributed by atoms with E-state index in [1.807, 2.05) is 48.5 Å². The van der Waals surface area contributed by atoms with Gasteiger partial charge in [0.25, 0.3) is 5.56 Å². The zero-order valence-electron chi connectivity index (χ0n) is 13.1. The zero-order chi connectivity index (χ0) is 16.5. The molecule has 0 radical (unpaired) electrons. The number of fused-ring (bicyclic) bond motifs is 1. The average molecular weight is 318 g/mol. The highest BCUT2D eigenvalue weighted by Crippen LogP contribution is 2.33. The molecule has 1 aromatic heterocycles. The molecule has 0 aliphatic carbocycles. The number of anilines is 1. The summed E-state index contributed by atoms with van der Waals surface area (Å²) in [6.45, 7) is 0. The molecular weight excluding hydrogens is 300 g/mol. The van der Waals surface area contributed by atoms with Crippen LogP contribution in [0, 0.1) is 0 Å². The monoisotopic (exact) mass is 318 g/mol. The molecule has 0 saturated carbocycles.